The van der Waals surface area contributed by atoms with Crippen LogP contribution in [0.4, 0.5) is 5.69 Å². The molecule has 1 aromatic rings. The van der Waals surface area contributed by atoms with Gasteiger partial charge in [0.25, 0.3) is 0 Å². The van der Waals surface area contributed by atoms with Gasteiger partial charge in [-0.15, -0.1) is 11.3 Å². The van der Waals surface area contributed by atoms with E-state index in [9.17, 15) is 0 Å². The molecule has 1 heterocycles. The van der Waals surface area contributed by atoms with Crippen molar-refractivity contribution in [2.75, 3.05) is 5.73 Å². The van der Waals surface area contributed by atoms with Gasteiger partial charge in [-0.1, -0.05) is 6.92 Å². The van der Waals surface area contributed by atoms with Crippen LogP contribution in [0.1, 0.15) is 17.4 Å². The van der Waals surface area contributed by atoms with Gasteiger partial charge < -0.3 is 10.8 Å². The summed E-state index contributed by atoms with van der Waals surface area (Å²) < 4.78 is 0. The Bertz CT molecular complexity index is 198. The molecule has 0 atom stereocenters. The van der Waals surface area contributed by atoms with Crippen LogP contribution in [-0.4, -0.2) is 5.11 Å². The second kappa shape index (κ2) is 3.03. The number of aliphatic hydroxyl groups excluding tert-OH is 1. The monoisotopic (exact) mass is 157 g/mol. The number of hydrogen-bond donors (Lipinski definition) is 2. The third-order valence-electron chi connectivity index (χ3n) is 1.48. The van der Waals surface area contributed by atoms with E-state index >= 15 is 0 Å². The van der Waals surface area contributed by atoms with E-state index in [0.29, 0.717) is 0 Å². The number of anilines is 1. The minimum Gasteiger partial charge on any atom is -0.398 e. The van der Waals surface area contributed by atoms with E-state index in [1.165, 1.54) is 4.88 Å². The minimum absolute atomic E-state index is 0.0579. The Morgan fingerprint density at radius 3 is 2.70 bits per heavy atom. The predicted molar refractivity (Wildman–Crippen MR) is 44.0 cm³/mol. The summed E-state index contributed by atoms with van der Waals surface area (Å²) in [5.74, 6) is 0. The van der Waals surface area contributed by atoms with Crippen molar-refractivity contribution in [3.8, 4) is 0 Å². The van der Waals surface area contributed by atoms with Crippen LogP contribution in [0, 0.1) is 0 Å². The van der Waals surface area contributed by atoms with Crippen molar-refractivity contribution in [2.45, 2.75) is 20.0 Å². The van der Waals surface area contributed by atoms with E-state index in [1.807, 2.05) is 5.38 Å². The third kappa shape index (κ3) is 1.15. The number of thiophene rings is 1. The predicted octanol–water partition coefficient (Wildman–Crippen LogP) is 1.39. The van der Waals surface area contributed by atoms with Crippen molar-refractivity contribution in [3.63, 3.8) is 0 Å². The van der Waals surface area contributed by atoms with Crippen LogP contribution in [0.5, 0.6) is 0 Å². The van der Waals surface area contributed by atoms with Gasteiger partial charge >= 0.3 is 0 Å². The largest absolute Gasteiger partial charge is 0.398 e. The maximum atomic E-state index is 8.75. The summed E-state index contributed by atoms with van der Waals surface area (Å²) in [6.45, 7) is 2.12. The first-order valence-corrected chi connectivity index (χ1v) is 4.13. The highest BCUT2D eigenvalue weighted by molar-refractivity contribution is 7.10. The molecule has 56 valence electrons. The van der Waals surface area contributed by atoms with Gasteiger partial charge in [0.15, 0.2) is 0 Å². The van der Waals surface area contributed by atoms with Crippen LogP contribution >= 0.6 is 11.3 Å². The summed E-state index contributed by atoms with van der Waals surface area (Å²) in [5.41, 5.74) is 7.31. The van der Waals surface area contributed by atoms with Gasteiger partial charge in [0.1, 0.15) is 0 Å². The van der Waals surface area contributed by atoms with Gasteiger partial charge in [-0.25, -0.2) is 0 Å². The number of nitrogen functional groups attached to an aromatic ring is 1. The number of aliphatic hydroxyl groups is 1. The molecule has 0 aliphatic rings. The average molecular weight is 157 g/mol. The summed E-state index contributed by atoms with van der Waals surface area (Å²) in [6, 6.07) is 0. The third-order valence-corrected chi connectivity index (χ3v) is 2.68. The van der Waals surface area contributed by atoms with Crippen molar-refractivity contribution >= 4 is 17.0 Å². The van der Waals surface area contributed by atoms with Gasteiger partial charge in [0.2, 0.25) is 0 Å². The standard InChI is InChI=1S/C7H11NOS/c1-2-6-7(8)5(3-9)4-10-6/h4,9H,2-3,8H2,1H3. The Morgan fingerprint density at radius 1 is 1.70 bits per heavy atom. The Morgan fingerprint density at radius 2 is 2.40 bits per heavy atom. The van der Waals surface area contributed by atoms with Gasteiger partial charge in [-0.2, -0.15) is 0 Å². The first kappa shape index (κ1) is 7.57. The second-order valence-corrected chi connectivity index (χ2v) is 3.07. The fraction of sp³-hybridized carbons (Fsp3) is 0.429. The van der Waals surface area contributed by atoms with Crippen molar-refractivity contribution in [2.24, 2.45) is 0 Å². The van der Waals surface area contributed by atoms with E-state index < -0.39 is 0 Å². The highest BCUT2D eigenvalue weighted by Gasteiger charge is 2.04. The zero-order chi connectivity index (χ0) is 7.56. The highest BCUT2D eigenvalue weighted by atomic mass is 32.1. The van der Waals surface area contributed by atoms with E-state index in [2.05, 4.69) is 6.92 Å². The summed E-state index contributed by atoms with van der Waals surface area (Å²) >= 11 is 1.62. The van der Waals surface area contributed by atoms with Crippen LogP contribution in [-0.2, 0) is 13.0 Å². The molecule has 10 heavy (non-hydrogen) atoms. The first-order chi connectivity index (χ1) is 4.79. The molecule has 1 aromatic heterocycles. The molecule has 0 saturated heterocycles. The summed E-state index contributed by atoms with van der Waals surface area (Å²) in [5, 5.41) is 10.7. The second-order valence-electron chi connectivity index (χ2n) is 2.11. The lowest BCUT2D eigenvalue weighted by atomic mass is 10.2. The number of aryl methyl sites for hydroxylation is 1. The Balaban J connectivity index is 2.97. The Kier molecular flexibility index (Phi) is 2.29. The molecule has 0 amide bonds. The fourth-order valence-corrected chi connectivity index (χ4v) is 1.76. The van der Waals surface area contributed by atoms with Crippen LogP contribution < -0.4 is 5.73 Å². The number of nitrogens with two attached hydrogens (primary N) is 1. The number of rotatable bonds is 2. The molecule has 0 radical (unpaired) electrons. The lowest BCUT2D eigenvalue weighted by Gasteiger charge is -1.94. The summed E-state index contributed by atoms with van der Waals surface area (Å²) in [6.07, 6.45) is 0.955. The maximum absolute atomic E-state index is 8.75. The molecular formula is C7H11NOS. The van der Waals surface area contributed by atoms with Crippen molar-refractivity contribution in [3.05, 3.63) is 15.8 Å². The van der Waals surface area contributed by atoms with E-state index in [1.54, 1.807) is 11.3 Å². The van der Waals surface area contributed by atoms with E-state index in [0.717, 1.165) is 17.7 Å². The van der Waals surface area contributed by atoms with Crippen LogP contribution in [0.15, 0.2) is 5.38 Å². The zero-order valence-electron chi connectivity index (χ0n) is 5.92. The molecule has 0 aromatic carbocycles. The molecule has 0 spiro atoms. The molecule has 0 bridgehead atoms. The van der Waals surface area contributed by atoms with Gasteiger partial charge in [0.05, 0.1) is 12.3 Å². The fourth-order valence-electron chi connectivity index (χ4n) is 0.845. The van der Waals surface area contributed by atoms with Crippen molar-refractivity contribution in [1.82, 2.24) is 0 Å². The topological polar surface area (TPSA) is 46.2 Å². The van der Waals surface area contributed by atoms with Crippen LogP contribution in [0.2, 0.25) is 0 Å². The highest BCUT2D eigenvalue weighted by Crippen LogP contribution is 2.25. The quantitative estimate of drug-likeness (QED) is 0.681. The van der Waals surface area contributed by atoms with Gasteiger partial charge in [-0.05, 0) is 11.8 Å². The lowest BCUT2D eigenvalue weighted by molar-refractivity contribution is 0.283. The van der Waals surface area contributed by atoms with Crippen molar-refractivity contribution in [1.29, 1.82) is 0 Å². The minimum atomic E-state index is 0.0579. The van der Waals surface area contributed by atoms with Gasteiger partial charge in [0, 0.05) is 10.4 Å². The van der Waals surface area contributed by atoms with E-state index in [-0.39, 0.29) is 6.61 Å². The molecule has 3 N–H and O–H groups in total. The van der Waals surface area contributed by atoms with Crippen LogP contribution in [0.3, 0.4) is 0 Å². The maximum Gasteiger partial charge on any atom is 0.0710 e. The molecule has 0 unspecified atom stereocenters. The zero-order valence-corrected chi connectivity index (χ0v) is 6.74. The lowest BCUT2D eigenvalue weighted by Crippen LogP contribution is -1.91. The summed E-state index contributed by atoms with van der Waals surface area (Å²) in [4.78, 5) is 1.17. The average Bonchev–Trinajstić information content (AvgIpc) is 2.30. The molecule has 0 fully saturated rings. The first-order valence-electron chi connectivity index (χ1n) is 3.25. The smallest absolute Gasteiger partial charge is 0.0710 e. The molecule has 1 rings (SSSR count). The Hall–Kier alpha value is -0.540. The number of hydrogen-bond acceptors (Lipinski definition) is 3. The normalized spacial score (nSPS) is 10.2. The van der Waals surface area contributed by atoms with Crippen molar-refractivity contribution < 1.29 is 5.11 Å². The molecule has 3 heteroatoms. The molecule has 0 saturated carbocycles. The molecule has 0 aliphatic carbocycles. The van der Waals surface area contributed by atoms with Gasteiger partial charge in [-0.3, -0.25) is 0 Å². The summed E-state index contributed by atoms with van der Waals surface area (Å²) in [7, 11) is 0. The Labute approximate surface area is 64.3 Å². The van der Waals surface area contributed by atoms with E-state index in [4.69, 9.17) is 10.8 Å². The molecule has 2 nitrogen and oxygen atoms in total. The SMILES string of the molecule is CCc1scc(CO)c1N. The molecular weight excluding hydrogens is 146 g/mol. The van der Waals surface area contributed by atoms with Crippen LogP contribution in [0.25, 0.3) is 0 Å². The molecule has 0 aliphatic heterocycles.